The molecule has 1 aromatic rings. The Morgan fingerprint density at radius 3 is 2.53 bits per heavy atom. The number of ether oxygens (including phenoxy) is 1. The summed E-state index contributed by atoms with van der Waals surface area (Å²) in [5, 5.41) is 11.8. The Kier molecular flexibility index (Phi) is 4.14. The number of carbonyl (C=O) groups excluding carboxylic acids is 2. The molecule has 0 heterocycles. The van der Waals surface area contributed by atoms with Crippen molar-refractivity contribution in [2.45, 2.75) is 33.3 Å². The minimum atomic E-state index is -0.922. The van der Waals surface area contributed by atoms with Gasteiger partial charge in [-0.25, -0.2) is 9.18 Å². The zero-order chi connectivity index (χ0) is 14.8. The molecule has 0 spiro atoms. The maximum Gasteiger partial charge on any atom is 0.412 e. The smallest absolute Gasteiger partial charge is 0.412 e. The molecule has 104 valence electrons. The second kappa shape index (κ2) is 5.26. The number of nitrogens with one attached hydrogen (secondary N) is 1. The van der Waals surface area contributed by atoms with Crippen LogP contribution in [0.5, 0.6) is 5.75 Å². The quantitative estimate of drug-likeness (QED) is 0.809. The molecule has 0 fully saturated rings. The summed E-state index contributed by atoms with van der Waals surface area (Å²) in [5.74, 6) is -1.72. The van der Waals surface area contributed by atoms with Crippen LogP contribution < -0.4 is 5.32 Å². The number of amides is 1. The number of aromatic hydroxyl groups is 1. The fourth-order valence-corrected chi connectivity index (χ4v) is 1.48. The molecule has 0 saturated carbocycles. The van der Waals surface area contributed by atoms with Crippen LogP contribution in [0.15, 0.2) is 6.07 Å². The second-order valence-electron chi connectivity index (χ2n) is 5.06. The number of halogens is 1. The van der Waals surface area contributed by atoms with Crippen molar-refractivity contribution in [2.24, 2.45) is 0 Å². The molecule has 0 aliphatic heterocycles. The van der Waals surface area contributed by atoms with Crippen molar-refractivity contribution >= 4 is 18.1 Å². The summed E-state index contributed by atoms with van der Waals surface area (Å²) < 4.78 is 18.3. The average molecular weight is 269 g/mol. The molecular formula is C13H16FNO4. The zero-order valence-corrected chi connectivity index (χ0v) is 11.2. The maximum atomic E-state index is 13.3. The number of phenols is 1. The first-order chi connectivity index (χ1) is 8.65. The van der Waals surface area contributed by atoms with E-state index in [1.165, 1.54) is 6.92 Å². The summed E-state index contributed by atoms with van der Waals surface area (Å²) in [6, 6.07) is 1.02. The van der Waals surface area contributed by atoms with E-state index in [-0.39, 0.29) is 17.5 Å². The first-order valence-corrected chi connectivity index (χ1v) is 5.63. The van der Waals surface area contributed by atoms with E-state index in [0.29, 0.717) is 5.56 Å². The Labute approximate surface area is 110 Å². The minimum absolute atomic E-state index is 0.0307. The number of aldehydes is 1. The summed E-state index contributed by atoms with van der Waals surface area (Å²) in [5.41, 5.74) is -0.684. The molecule has 0 aromatic heterocycles. The number of hydrogen-bond donors (Lipinski definition) is 2. The third kappa shape index (κ3) is 3.67. The number of hydrogen-bond acceptors (Lipinski definition) is 4. The van der Waals surface area contributed by atoms with Gasteiger partial charge in [-0.2, -0.15) is 0 Å². The number of aryl methyl sites for hydroxylation is 1. The Hall–Kier alpha value is -2.11. The van der Waals surface area contributed by atoms with Crippen LogP contribution >= 0.6 is 0 Å². The fraction of sp³-hybridized carbons (Fsp3) is 0.385. The van der Waals surface area contributed by atoms with Crippen LogP contribution in [0.2, 0.25) is 0 Å². The number of anilines is 1. The van der Waals surface area contributed by atoms with Crippen LogP contribution in [-0.2, 0) is 4.74 Å². The van der Waals surface area contributed by atoms with Crippen LogP contribution in [0.1, 0.15) is 36.7 Å². The molecule has 0 radical (unpaired) electrons. The van der Waals surface area contributed by atoms with Crippen molar-refractivity contribution in [3.63, 3.8) is 0 Å². The summed E-state index contributed by atoms with van der Waals surface area (Å²) >= 11 is 0. The van der Waals surface area contributed by atoms with Crippen molar-refractivity contribution in [3.8, 4) is 5.75 Å². The van der Waals surface area contributed by atoms with Gasteiger partial charge >= 0.3 is 6.09 Å². The summed E-state index contributed by atoms with van der Waals surface area (Å²) in [7, 11) is 0. The highest BCUT2D eigenvalue weighted by atomic mass is 19.1. The Morgan fingerprint density at radius 2 is 2.05 bits per heavy atom. The van der Waals surface area contributed by atoms with Crippen molar-refractivity contribution < 1.29 is 23.8 Å². The standard InChI is InChI=1S/C13H16FNO4/c1-7-5-9(14)11(17)8(6-16)10(7)15-12(18)19-13(2,3)4/h5-6,17H,1-4H3,(H,15,18). The molecule has 1 amide bonds. The van der Waals surface area contributed by atoms with Crippen LogP contribution in [0.25, 0.3) is 0 Å². The number of benzene rings is 1. The Balaban J connectivity index is 3.11. The van der Waals surface area contributed by atoms with Gasteiger partial charge in [0.2, 0.25) is 0 Å². The Bertz CT molecular complexity index is 520. The third-order valence-corrected chi connectivity index (χ3v) is 2.23. The average Bonchev–Trinajstić information content (AvgIpc) is 2.23. The monoisotopic (exact) mass is 269 g/mol. The molecule has 19 heavy (non-hydrogen) atoms. The van der Waals surface area contributed by atoms with Gasteiger partial charge in [0.25, 0.3) is 0 Å². The van der Waals surface area contributed by atoms with Gasteiger partial charge in [0.15, 0.2) is 17.9 Å². The van der Waals surface area contributed by atoms with Gasteiger partial charge in [-0.05, 0) is 39.3 Å². The summed E-state index contributed by atoms with van der Waals surface area (Å²) in [4.78, 5) is 22.5. The van der Waals surface area contributed by atoms with Gasteiger partial charge < -0.3 is 9.84 Å². The van der Waals surface area contributed by atoms with Gasteiger partial charge in [0.05, 0.1) is 11.3 Å². The lowest BCUT2D eigenvalue weighted by atomic mass is 10.1. The first kappa shape index (κ1) is 14.9. The SMILES string of the molecule is Cc1cc(F)c(O)c(C=O)c1NC(=O)OC(C)(C)C. The van der Waals surface area contributed by atoms with Crippen LogP contribution in [0.4, 0.5) is 14.9 Å². The Morgan fingerprint density at radius 1 is 1.47 bits per heavy atom. The van der Waals surface area contributed by atoms with E-state index >= 15 is 0 Å². The normalized spacial score (nSPS) is 11.0. The molecule has 5 nitrogen and oxygen atoms in total. The van der Waals surface area contributed by atoms with Crippen molar-refractivity contribution in [3.05, 3.63) is 23.0 Å². The van der Waals surface area contributed by atoms with Gasteiger partial charge in [-0.1, -0.05) is 0 Å². The van der Waals surface area contributed by atoms with Gasteiger partial charge in [0.1, 0.15) is 5.60 Å². The fourth-order valence-electron chi connectivity index (χ4n) is 1.48. The summed E-state index contributed by atoms with van der Waals surface area (Å²) in [6.45, 7) is 6.55. The lowest BCUT2D eigenvalue weighted by Gasteiger charge is -2.21. The molecule has 0 unspecified atom stereocenters. The largest absolute Gasteiger partial charge is 0.504 e. The predicted octanol–water partition coefficient (Wildman–Crippen LogP) is 3.00. The van der Waals surface area contributed by atoms with E-state index in [0.717, 1.165) is 6.07 Å². The molecule has 0 atom stereocenters. The van der Waals surface area contributed by atoms with E-state index in [2.05, 4.69) is 5.32 Å². The van der Waals surface area contributed by atoms with E-state index < -0.39 is 23.3 Å². The first-order valence-electron chi connectivity index (χ1n) is 5.63. The van der Waals surface area contributed by atoms with Crippen LogP contribution in [0.3, 0.4) is 0 Å². The molecule has 0 aliphatic rings. The molecule has 0 saturated heterocycles. The molecule has 0 bridgehead atoms. The highest BCUT2D eigenvalue weighted by Crippen LogP contribution is 2.30. The molecular weight excluding hydrogens is 253 g/mol. The van der Waals surface area contributed by atoms with Crippen LogP contribution in [-0.4, -0.2) is 23.1 Å². The molecule has 1 aromatic carbocycles. The highest BCUT2D eigenvalue weighted by molar-refractivity contribution is 5.96. The van der Waals surface area contributed by atoms with E-state index in [1.807, 2.05) is 0 Å². The molecule has 0 aliphatic carbocycles. The minimum Gasteiger partial charge on any atom is -0.504 e. The maximum absolute atomic E-state index is 13.3. The van der Waals surface area contributed by atoms with E-state index in [9.17, 15) is 19.1 Å². The second-order valence-corrected chi connectivity index (χ2v) is 5.06. The number of rotatable bonds is 2. The molecule has 6 heteroatoms. The van der Waals surface area contributed by atoms with Crippen molar-refractivity contribution in [1.29, 1.82) is 0 Å². The lowest BCUT2D eigenvalue weighted by Crippen LogP contribution is -2.27. The van der Waals surface area contributed by atoms with Crippen LogP contribution in [0, 0.1) is 12.7 Å². The van der Waals surface area contributed by atoms with Crippen molar-refractivity contribution in [2.75, 3.05) is 5.32 Å². The van der Waals surface area contributed by atoms with E-state index in [4.69, 9.17) is 4.74 Å². The molecule has 1 rings (SSSR count). The molecule has 2 N–H and O–H groups in total. The topological polar surface area (TPSA) is 75.6 Å². The lowest BCUT2D eigenvalue weighted by molar-refractivity contribution is 0.0635. The van der Waals surface area contributed by atoms with Gasteiger partial charge in [-0.15, -0.1) is 0 Å². The number of carbonyl (C=O) groups is 2. The highest BCUT2D eigenvalue weighted by Gasteiger charge is 2.21. The third-order valence-electron chi connectivity index (χ3n) is 2.23. The van der Waals surface area contributed by atoms with Crippen molar-refractivity contribution in [1.82, 2.24) is 0 Å². The van der Waals surface area contributed by atoms with E-state index in [1.54, 1.807) is 20.8 Å². The number of phenolic OH excluding ortho intramolecular Hbond substituents is 1. The van der Waals surface area contributed by atoms with Gasteiger partial charge in [-0.3, -0.25) is 10.1 Å². The summed E-state index contributed by atoms with van der Waals surface area (Å²) in [6.07, 6.45) is -0.511. The van der Waals surface area contributed by atoms with Gasteiger partial charge in [0, 0.05) is 0 Å². The zero-order valence-electron chi connectivity index (χ0n) is 11.2. The predicted molar refractivity (Wildman–Crippen MR) is 68.0 cm³/mol.